The lowest BCUT2D eigenvalue weighted by Crippen LogP contribution is -2.60. The average Bonchev–Trinajstić information content (AvgIpc) is 3.04. The van der Waals surface area contributed by atoms with Crippen LogP contribution in [0.1, 0.15) is 70.7 Å². The number of methoxy groups -OCH3 is 1. The number of unbranched alkanes of at least 4 members (excludes halogenated alkanes) is 1. The number of carbonyl (C=O) groups is 1. The molecule has 256 valence electrons. The summed E-state index contributed by atoms with van der Waals surface area (Å²) >= 11 is 6.50. The van der Waals surface area contributed by atoms with Crippen molar-refractivity contribution in [1.29, 1.82) is 0 Å². The second-order valence-corrected chi connectivity index (χ2v) is 14.4. The number of benzene rings is 1. The minimum absolute atomic E-state index is 0.185. The fraction of sp³-hybridized carbons (Fsp3) is 0.571. The zero-order valence-corrected chi connectivity index (χ0v) is 28.9. The van der Waals surface area contributed by atoms with Crippen LogP contribution in [0.5, 0.6) is 0 Å². The number of nitrogens with zero attached hydrogens (tertiary/aromatic N) is 5. The molecule has 2 saturated heterocycles. The number of hydroxylamine groups is 2. The molecule has 4 heterocycles. The zero-order chi connectivity index (χ0) is 33.8. The smallest absolute Gasteiger partial charge is 0.338 e. The van der Waals surface area contributed by atoms with E-state index in [0.717, 1.165) is 65.0 Å². The van der Waals surface area contributed by atoms with Crippen LogP contribution in [-0.4, -0.2) is 107 Å². The Morgan fingerprint density at radius 2 is 1.77 bits per heavy atom. The first-order valence-corrected chi connectivity index (χ1v) is 16.9. The van der Waals surface area contributed by atoms with Gasteiger partial charge < -0.3 is 24.9 Å². The van der Waals surface area contributed by atoms with Crippen molar-refractivity contribution in [3.05, 3.63) is 76.0 Å². The van der Waals surface area contributed by atoms with Crippen LogP contribution in [-0.2, 0) is 14.3 Å². The second-order valence-electron chi connectivity index (χ2n) is 14.0. The van der Waals surface area contributed by atoms with Gasteiger partial charge in [0.1, 0.15) is 17.6 Å². The Morgan fingerprint density at radius 1 is 1.06 bits per heavy atom. The summed E-state index contributed by atoms with van der Waals surface area (Å²) in [5.41, 5.74) is 1.77. The highest BCUT2D eigenvalue weighted by atomic mass is 35.5. The number of rotatable bonds is 11. The monoisotopic (exact) mass is 671 g/mol. The maximum absolute atomic E-state index is 14.0. The minimum Gasteiger partial charge on any atom is -0.466 e. The number of hydrogen-bond donors (Lipinski definition) is 1. The fourth-order valence-corrected chi connectivity index (χ4v) is 7.31. The Kier molecular flexibility index (Phi) is 11.4. The number of hydrogen-bond acceptors (Lipinski definition) is 9. The van der Waals surface area contributed by atoms with Crippen LogP contribution >= 0.6 is 11.6 Å². The lowest BCUT2D eigenvalue weighted by molar-refractivity contribution is -0.261. The first-order chi connectivity index (χ1) is 22.4. The van der Waals surface area contributed by atoms with E-state index in [-0.39, 0.29) is 22.2 Å². The van der Waals surface area contributed by atoms with Crippen molar-refractivity contribution in [1.82, 2.24) is 25.2 Å². The van der Waals surface area contributed by atoms with Gasteiger partial charge in [-0.3, -0.25) is 14.9 Å². The Morgan fingerprint density at radius 3 is 2.40 bits per heavy atom. The van der Waals surface area contributed by atoms with Gasteiger partial charge in [-0.2, -0.15) is 0 Å². The van der Waals surface area contributed by atoms with E-state index < -0.39 is 17.8 Å². The lowest BCUT2D eigenvalue weighted by atomic mass is 9.80. The third-order valence-electron chi connectivity index (χ3n) is 9.43. The van der Waals surface area contributed by atoms with Gasteiger partial charge >= 0.3 is 5.97 Å². The highest BCUT2D eigenvalue weighted by Gasteiger charge is 2.48. The van der Waals surface area contributed by atoms with Gasteiger partial charge in [-0.05, 0) is 84.2 Å². The Labute approximate surface area is 282 Å². The molecular weight excluding hydrogens is 623 g/mol. The molecular formula is C35H49ClFN6O4+. The van der Waals surface area contributed by atoms with Crippen LogP contribution in [0.3, 0.4) is 0 Å². The van der Waals surface area contributed by atoms with Gasteiger partial charge in [-0.15, -0.1) is 0 Å². The van der Waals surface area contributed by atoms with Crippen molar-refractivity contribution < 1.29 is 23.9 Å². The molecule has 1 unspecified atom stereocenters. The number of pyridine rings is 1. The number of esters is 1. The predicted molar refractivity (Wildman–Crippen MR) is 182 cm³/mol. The first-order valence-electron chi connectivity index (χ1n) is 16.5. The fourth-order valence-electron chi connectivity index (χ4n) is 7.04. The normalized spacial score (nSPS) is 22.6. The van der Waals surface area contributed by atoms with Crippen LogP contribution in [0, 0.1) is 5.82 Å². The molecule has 2 fully saturated rings. The number of piperidine rings is 1. The third kappa shape index (κ3) is 8.57. The number of halogens is 2. The highest BCUT2D eigenvalue weighted by molar-refractivity contribution is 6.31. The van der Waals surface area contributed by atoms with Crippen LogP contribution in [0.15, 0.2) is 58.9 Å². The molecule has 3 aliphatic rings. The van der Waals surface area contributed by atoms with Crippen LogP contribution in [0.4, 0.5) is 4.39 Å². The Hall–Kier alpha value is -2.93. The van der Waals surface area contributed by atoms with Crippen LogP contribution in [0.2, 0.25) is 5.02 Å². The molecule has 12 heteroatoms. The molecule has 0 bridgehead atoms. The largest absolute Gasteiger partial charge is 0.466 e. The van der Waals surface area contributed by atoms with Crippen molar-refractivity contribution in [2.24, 2.45) is 4.99 Å². The average molecular weight is 672 g/mol. The van der Waals surface area contributed by atoms with E-state index in [4.69, 9.17) is 31.3 Å². The maximum atomic E-state index is 14.0. The summed E-state index contributed by atoms with van der Waals surface area (Å²) in [5.74, 6) is -0.466. The van der Waals surface area contributed by atoms with Gasteiger partial charge in [0.2, 0.25) is 0 Å². The molecule has 1 aromatic heterocycles. The summed E-state index contributed by atoms with van der Waals surface area (Å²) in [4.78, 5) is 27.4. The molecule has 0 amide bonds. The molecule has 0 radical (unpaired) electrons. The number of carbonyl (C=O) groups excluding carboxylic acids is 1. The number of piperazine rings is 1. The number of aromatic nitrogens is 1. The van der Waals surface area contributed by atoms with Crippen molar-refractivity contribution in [2.75, 3.05) is 53.0 Å². The minimum atomic E-state index is -0.788. The summed E-state index contributed by atoms with van der Waals surface area (Å²) in [5, 5.41) is 13.8. The van der Waals surface area contributed by atoms with Gasteiger partial charge in [0.05, 0.1) is 29.9 Å². The second kappa shape index (κ2) is 15.1. The zero-order valence-electron chi connectivity index (χ0n) is 28.2. The molecule has 0 aliphatic carbocycles. The molecule has 47 heavy (non-hydrogen) atoms. The van der Waals surface area contributed by atoms with Crippen molar-refractivity contribution in [3.63, 3.8) is 0 Å². The topological polar surface area (TPSA) is 105 Å². The summed E-state index contributed by atoms with van der Waals surface area (Å²) in [6.45, 7) is 14.2. The SMILES string of the molecule is COC(=O)C1=C(CN2CCN(CCCCOC3CC(C)(C)N([OH2+])C(C)(C)C3)CC2)NC(c2ccccn2)=NC1c1ccc(F)cc1Cl. The molecule has 5 rings (SSSR count). The van der Waals surface area contributed by atoms with Gasteiger partial charge in [0.15, 0.2) is 5.84 Å². The molecule has 10 nitrogen and oxygen atoms in total. The molecule has 1 atom stereocenters. The molecule has 0 saturated carbocycles. The van der Waals surface area contributed by atoms with Crippen molar-refractivity contribution >= 4 is 23.4 Å². The van der Waals surface area contributed by atoms with Gasteiger partial charge in [-0.1, -0.05) is 28.8 Å². The van der Waals surface area contributed by atoms with E-state index in [9.17, 15) is 9.18 Å². The van der Waals surface area contributed by atoms with E-state index in [1.165, 1.54) is 19.2 Å². The van der Waals surface area contributed by atoms with E-state index in [0.29, 0.717) is 34.9 Å². The first kappa shape index (κ1) is 35.4. The van der Waals surface area contributed by atoms with Crippen LogP contribution in [0.25, 0.3) is 0 Å². The van der Waals surface area contributed by atoms with E-state index >= 15 is 0 Å². The number of amidine groups is 1. The van der Waals surface area contributed by atoms with Gasteiger partial charge in [-0.25, -0.2) is 9.18 Å². The summed E-state index contributed by atoms with van der Waals surface area (Å²) in [6.07, 6.45) is 5.69. The number of nitrogens with one attached hydrogen (secondary N) is 1. The molecule has 1 aromatic carbocycles. The van der Waals surface area contributed by atoms with E-state index in [1.807, 2.05) is 18.2 Å². The van der Waals surface area contributed by atoms with E-state index in [2.05, 4.69) is 47.8 Å². The third-order valence-corrected chi connectivity index (χ3v) is 9.76. The quantitative estimate of drug-likeness (QED) is 0.212. The van der Waals surface area contributed by atoms with E-state index in [1.54, 1.807) is 17.3 Å². The molecule has 3 N–H and O–H groups in total. The number of aliphatic imine (C=N–C) groups is 1. The molecule has 2 aromatic rings. The highest BCUT2D eigenvalue weighted by Crippen LogP contribution is 2.38. The number of ether oxygens (including phenoxy) is 2. The Balaban J connectivity index is 1.19. The Bertz CT molecular complexity index is 1440. The van der Waals surface area contributed by atoms with Crippen LogP contribution < -0.4 is 5.32 Å². The van der Waals surface area contributed by atoms with Crippen molar-refractivity contribution in [3.8, 4) is 0 Å². The predicted octanol–water partition coefficient (Wildman–Crippen LogP) is 4.47. The summed E-state index contributed by atoms with van der Waals surface area (Å²) in [6, 6.07) is 8.89. The van der Waals surface area contributed by atoms with Crippen molar-refractivity contribution in [2.45, 2.75) is 76.6 Å². The molecule has 3 aliphatic heterocycles. The van der Waals surface area contributed by atoms with Gasteiger partial charge in [0, 0.05) is 61.8 Å². The van der Waals surface area contributed by atoms with Gasteiger partial charge in [0.25, 0.3) is 0 Å². The summed E-state index contributed by atoms with van der Waals surface area (Å²) < 4.78 is 25.5. The maximum Gasteiger partial charge on any atom is 0.338 e. The molecule has 0 spiro atoms. The lowest BCUT2D eigenvalue weighted by Gasteiger charge is -2.47. The summed E-state index contributed by atoms with van der Waals surface area (Å²) in [7, 11) is 1.35. The standard InChI is InChI=1S/C35H48ClFN6O4/c1-34(2)21-25(22-35(3,4)43(34)45)47-19-9-8-14-41-15-17-42(18-16-41)23-29-30(33(44)46-5)31(26-12-11-24(37)20-27(26)36)40-32(39-29)28-10-6-7-13-38-28/h6-7,10-13,20,25,31,45H,8-9,14-19,21-23H2,1-5H3,(H,39,40)/p+1.